The van der Waals surface area contributed by atoms with Crippen molar-refractivity contribution < 1.29 is 8.42 Å². The van der Waals surface area contributed by atoms with Crippen molar-refractivity contribution in [1.82, 2.24) is 0 Å². The van der Waals surface area contributed by atoms with Crippen LogP contribution in [0.1, 0.15) is 32.8 Å². The molecule has 0 aliphatic rings. The summed E-state index contributed by atoms with van der Waals surface area (Å²) in [6, 6.07) is 31.4. The Morgan fingerprint density at radius 3 is 0.683 bits per heavy atom. The second-order valence-electron chi connectivity index (χ2n) is 11.3. The maximum absolute atomic E-state index is 15.1. The molecule has 4 aromatic rings. The lowest BCUT2D eigenvalue weighted by Gasteiger charge is -2.28. The smallest absolute Gasteiger partial charge is 0.172 e. The third-order valence-corrected chi connectivity index (χ3v) is 9.91. The highest BCUT2D eigenvalue weighted by Crippen LogP contribution is 2.43. The van der Waals surface area contributed by atoms with E-state index in [0.29, 0.717) is 0 Å². The molecule has 4 aromatic carbocycles. The van der Waals surface area contributed by atoms with Crippen LogP contribution in [0.25, 0.3) is 0 Å². The van der Waals surface area contributed by atoms with Crippen molar-refractivity contribution in [2.75, 3.05) is 76.0 Å². The highest BCUT2D eigenvalue weighted by Gasteiger charge is 2.38. The molecule has 216 valence electrons. The molecule has 41 heavy (non-hydrogen) atoms. The second-order valence-corrected chi connectivity index (χ2v) is 13.4. The van der Waals surface area contributed by atoms with E-state index in [-0.39, 0.29) is 0 Å². The first kappa shape index (κ1) is 30.0. The van der Waals surface area contributed by atoms with Gasteiger partial charge in [0.15, 0.2) is 9.84 Å². The van der Waals surface area contributed by atoms with E-state index in [1.807, 2.05) is 173 Å². The fraction of sp³-hybridized carbons (Fsp3) is 0.294. The predicted octanol–water partition coefficient (Wildman–Crippen LogP) is 6.24. The highest BCUT2D eigenvalue weighted by atomic mass is 32.2. The first-order valence-electron chi connectivity index (χ1n) is 13.7. The monoisotopic (exact) mass is 570 g/mol. The lowest BCUT2D eigenvalue weighted by atomic mass is 10.0. The molecule has 0 bridgehead atoms. The van der Waals surface area contributed by atoms with Crippen LogP contribution in [0, 0.1) is 0 Å². The average molecular weight is 571 g/mol. The summed E-state index contributed by atoms with van der Waals surface area (Å²) in [6.07, 6.45) is 0. The Balaban J connectivity index is 1.93. The van der Waals surface area contributed by atoms with Gasteiger partial charge in [-0.25, -0.2) is 8.42 Å². The van der Waals surface area contributed by atoms with Crippen molar-refractivity contribution in [3.63, 3.8) is 0 Å². The molecule has 0 radical (unpaired) electrons. The van der Waals surface area contributed by atoms with E-state index in [1.54, 1.807) is 0 Å². The maximum Gasteiger partial charge on any atom is 0.172 e. The van der Waals surface area contributed by atoms with Crippen LogP contribution in [0.4, 0.5) is 22.7 Å². The first-order valence-corrected chi connectivity index (χ1v) is 15.3. The van der Waals surface area contributed by atoms with Crippen molar-refractivity contribution >= 4 is 32.6 Å². The van der Waals surface area contributed by atoms with Crippen molar-refractivity contribution in [3.8, 4) is 0 Å². The van der Waals surface area contributed by atoms with E-state index in [1.165, 1.54) is 0 Å². The zero-order valence-electron chi connectivity index (χ0n) is 25.4. The number of hydrogen-bond donors (Lipinski definition) is 0. The quantitative estimate of drug-likeness (QED) is 0.225. The lowest BCUT2D eigenvalue weighted by molar-refractivity contribution is 0.582. The standard InChI is InChI=1S/C34H42N4O2S/c1-35(2)29-17-9-25(10-18-29)33(26-11-19-30(20-12-26)36(3)4)41(39,40)34(27-13-21-31(22-14-27)37(5)6)28-15-23-32(24-16-28)38(7)8/h9-24,33-34H,1-8H3. The van der Waals surface area contributed by atoms with Crippen LogP contribution in [-0.4, -0.2) is 64.8 Å². The van der Waals surface area contributed by atoms with Gasteiger partial charge in [0.25, 0.3) is 0 Å². The number of hydrogen-bond acceptors (Lipinski definition) is 6. The average Bonchev–Trinajstić information content (AvgIpc) is 2.94. The van der Waals surface area contributed by atoms with Crippen molar-refractivity contribution in [2.45, 2.75) is 10.5 Å². The van der Waals surface area contributed by atoms with Gasteiger partial charge < -0.3 is 19.6 Å². The molecule has 0 N–H and O–H groups in total. The molecule has 6 nitrogen and oxygen atoms in total. The zero-order chi connectivity index (χ0) is 29.9. The normalized spacial score (nSPS) is 11.6. The van der Waals surface area contributed by atoms with Crippen LogP contribution < -0.4 is 19.6 Å². The molecule has 4 rings (SSSR count). The predicted molar refractivity (Wildman–Crippen MR) is 176 cm³/mol. The van der Waals surface area contributed by atoms with E-state index >= 15 is 8.42 Å². The van der Waals surface area contributed by atoms with Gasteiger partial charge in [0, 0.05) is 79.1 Å². The second kappa shape index (κ2) is 12.3. The summed E-state index contributed by atoms with van der Waals surface area (Å²) in [4.78, 5) is 8.06. The van der Waals surface area contributed by atoms with Crippen molar-refractivity contribution in [3.05, 3.63) is 119 Å². The minimum atomic E-state index is -3.86. The maximum atomic E-state index is 15.1. The zero-order valence-corrected chi connectivity index (χ0v) is 26.2. The minimum absolute atomic E-state index is 0.744. The molecule has 0 saturated carbocycles. The highest BCUT2D eigenvalue weighted by molar-refractivity contribution is 7.92. The van der Waals surface area contributed by atoms with Gasteiger partial charge in [0.2, 0.25) is 0 Å². The summed E-state index contributed by atoms with van der Waals surface area (Å²) in [5.41, 5.74) is 7.04. The van der Waals surface area contributed by atoms with Crippen molar-refractivity contribution in [1.29, 1.82) is 0 Å². The summed E-state index contributed by atoms with van der Waals surface area (Å²) in [6.45, 7) is 0. The van der Waals surface area contributed by atoms with E-state index < -0.39 is 20.3 Å². The molecule has 0 amide bonds. The molecule has 0 spiro atoms. The third kappa shape index (κ3) is 6.51. The fourth-order valence-corrected chi connectivity index (χ4v) is 7.49. The van der Waals surface area contributed by atoms with Gasteiger partial charge in [-0.05, 0) is 70.8 Å². The molecule has 0 unspecified atom stereocenters. The molecule has 0 heterocycles. The van der Waals surface area contributed by atoms with Gasteiger partial charge >= 0.3 is 0 Å². The summed E-state index contributed by atoms with van der Waals surface area (Å²) in [5, 5.41) is -1.72. The van der Waals surface area contributed by atoms with E-state index in [0.717, 1.165) is 45.0 Å². The van der Waals surface area contributed by atoms with Gasteiger partial charge in [-0.15, -0.1) is 0 Å². The van der Waals surface area contributed by atoms with Gasteiger partial charge in [-0.1, -0.05) is 48.5 Å². The Morgan fingerprint density at radius 2 is 0.537 bits per heavy atom. The number of nitrogens with zero attached hydrogens (tertiary/aromatic N) is 4. The molecule has 0 fully saturated rings. The Hall–Kier alpha value is -3.97. The van der Waals surface area contributed by atoms with Crippen LogP contribution in [0.5, 0.6) is 0 Å². The Labute approximate surface area is 246 Å². The van der Waals surface area contributed by atoms with E-state index in [2.05, 4.69) is 0 Å². The van der Waals surface area contributed by atoms with Gasteiger partial charge in [0.1, 0.15) is 10.5 Å². The molecular weight excluding hydrogens is 528 g/mol. The molecule has 0 aliphatic carbocycles. The van der Waals surface area contributed by atoms with Gasteiger partial charge in [-0.3, -0.25) is 0 Å². The number of rotatable bonds is 10. The number of sulfone groups is 1. The van der Waals surface area contributed by atoms with E-state index in [9.17, 15) is 0 Å². The molecular formula is C34H42N4O2S. The summed E-state index contributed by atoms with van der Waals surface area (Å²) < 4.78 is 30.1. The van der Waals surface area contributed by atoms with E-state index in [4.69, 9.17) is 0 Å². The van der Waals surface area contributed by atoms with Crippen LogP contribution in [-0.2, 0) is 9.84 Å². The third-order valence-electron chi connectivity index (χ3n) is 7.51. The first-order chi connectivity index (χ1) is 19.4. The molecule has 0 saturated heterocycles. The summed E-state index contributed by atoms with van der Waals surface area (Å²) in [7, 11) is 12.0. The van der Waals surface area contributed by atoms with Crippen LogP contribution in [0.15, 0.2) is 97.1 Å². The molecule has 0 aromatic heterocycles. The van der Waals surface area contributed by atoms with Crippen LogP contribution in [0.2, 0.25) is 0 Å². The topological polar surface area (TPSA) is 47.1 Å². The van der Waals surface area contributed by atoms with Crippen LogP contribution >= 0.6 is 0 Å². The van der Waals surface area contributed by atoms with Crippen molar-refractivity contribution in [2.24, 2.45) is 0 Å². The van der Waals surface area contributed by atoms with Gasteiger partial charge in [0.05, 0.1) is 0 Å². The summed E-state index contributed by atoms with van der Waals surface area (Å²) >= 11 is 0. The Morgan fingerprint density at radius 1 is 0.366 bits per heavy atom. The summed E-state index contributed by atoms with van der Waals surface area (Å²) in [5.74, 6) is 0. The van der Waals surface area contributed by atoms with Crippen LogP contribution in [0.3, 0.4) is 0 Å². The molecule has 0 aliphatic heterocycles. The number of anilines is 4. The fourth-order valence-electron chi connectivity index (χ4n) is 5.07. The largest absolute Gasteiger partial charge is 0.378 e. The number of benzene rings is 4. The SMILES string of the molecule is CN(C)c1ccc(C(c2ccc(N(C)C)cc2)S(=O)(=O)C(c2ccc(N(C)C)cc2)c2ccc(N(C)C)cc2)cc1. The van der Waals surface area contributed by atoms with Gasteiger partial charge in [-0.2, -0.15) is 0 Å². The minimum Gasteiger partial charge on any atom is -0.378 e. The Bertz CT molecular complexity index is 1310. The lowest BCUT2D eigenvalue weighted by Crippen LogP contribution is -2.24. The molecule has 7 heteroatoms. The molecule has 0 atom stereocenters. The Kier molecular flexibility index (Phi) is 8.98.